The van der Waals surface area contributed by atoms with Crippen LogP contribution in [0.3, 0.4) is 0 Å². The van der Waals surface area contributed by atoms with Gasteiger partial charge in [0.1, 0.15) is 0 Å². The smallest absolute Gasteiger partial charge is 0.0468 e. The Kier molecular flexibility index (Phi) is 5.83. The van der Waals surface area contributed by atoms with Crippen LogP contribution in [0, 0.1) is 11.8 Å². The van der Waals surface area contributed by atoms with Crippen LogP contribution in [0.4, 0.5) is 0 Å². The molecule has 13 heavy (non-hydrogen) atoms. The number of ether oxygens (including phenoxy) is 1. The second kappa shape index (κ2) is 6.68. The van der Waals surface area contributed by atoms with Crippen LogP contribution < -0.4 is 0 Å². The van der Waals surface area contributed by atoms with Crippen molar-refractivity contribution >= 4 is 11.8 Å². The Bertz CT molecular complexity index is 124. The van der Waals surface area contributed by atoms with Crippen LogP contribution in [-0.2, 0) is 4.74 Å². The van der Waals surface area contributed by atoms with Gasteiger partial charge in [0.25, 0.3) is 0 Å². The first kappa shape index (κ1) is 11.3. The highest BCUT2D eigenvalue weighted by atomic mass is 32.2. The predicted octanol–water partition coefficient (Wildman–Crippen LogP) is 1.77. The largest absolute Gasteiger partial charge is 0.396 e. The first-order valence-corrected chi connectivity index (χ1v) is 6.24. The van der Waals surface area contributed by atoms with Gasteiger partial charge in [0.15, 0.2) is 0 Å². The second-order valence-electron chi connectivity index (χ2n) is 3.88. The normalized spacial score (nSPS) is 21.7. The number of rotatable bonds is 5. The van der Waals surface area contributed by atoms with Gasteiger partial charge < -0.3 is 9.84 Å². The van der Waals surface area contributed by atoms with Gasteiger partial charge in [-0.25, -0.2) is 0 Å². The van der Waals surface area contributed by atoms with Crippen molar-refractivity contribution < 1.29 is 9.84 Å². The fourth-order valence-electron chi connectivity index (χ4n) is 1.40. The van der Waals surface area contributed by atoms with Crippen LogP contribution >= 0.6 is 11.8 Å². The molecule has 0 amide bonds. The van der Waals surface area contributed by atoms with Crippen LogP contribution in [0.15, 0.2) is 0 Å². The first-order valence-electron chi connectivity index (χ1n) is 5.09. The summed E-state index contributed by atoms with van der Waals surface area (Å²) in [6, 6.07) is 0. The molecule has 1 saturated heterocycles. The van der Waals surface area contributed by atoms with Gasteiger partial charge >= 0.3 is 0 Å². The molecule has 2 nitrogen and oxygen atoms in total. The van der Waals surface area contributed by atoms with E-state index in [9.17, 15) is 0 Å². The fraction of sp³-hybridized carbons (Fsp3) is 1.00. The molecule has 0 aliphatic carbocycles. The third-order valence-electron chi connectivity index (χ3n) is 2.41. The molecule has 1 fully saturated rings. The van der Waals surface area contributed by atoms with Crippen molar-refractivity contribution in [1.82, 2.24) is 0 Å². The molecule has 0 aromatic carbocycles. The molecule has 0 bridgehead atoms. The van der Waals surface area contributed by atoms with E-state index in [1.807, 2.05) is 11.8 Å². The highest BCUT2D eigenvalue weighted by Gasteiger charge is 2.13. The topological polar surface area (TPSA) is 29.5 Å². The highest BCUT2D eigenvalue weighted by Crippen LogP contribution is 2.21. The summed E-state index contributed by atoms with van der Waals surface area (Å²) >= 11 is 1.98. The van der Waals surface area contributed by atoms with Gasteiger partial charge in [0.2, 0.25) is 0 Å². The van der Waals surface area contributed by atoms with E-state index in [0.717, 1.165) is 24.9 Å². The van der Waals surface area contributed by atoms with Gasteiger partial charge in [-0.3, -0.25) is 0 Å². The number of hydrogen-bond donors (Lipinski definition) is 1. The maximum Gasteiger partial charge on any atom is 0.0468 e. The van der Waals surface area contributed by atoms with Gasteiger partial charge in [-0.15, -0.1) is 0 Å². The van der Waals surface area contributed by atoms with Crippen LogP contribution in [-0.4, -0.2) is 36.4 Å². The summed E-state index contributed by atoms with van der Waals surface area (Å²) in [5, 5.41) is 8.84. The Morgan fingerprint density at radius 2 is 2.15 bits per heavy atom. The van der Waals surface area contributed by atoms with Gasteiger partial charge in [-0.05, 0) is 36.2 Å². The quantitative estimate of drug-likeness (QED) is 0.740. The zero-order valence-electron chi connectivity index (χ0n) is 8.37. The van der Waals surface area contributed by atoms with Crippen molar-refractivity contribution in [1.29, 1.82) is 0 Å². The van der Waals surface area contributed by atoms with Crippen molar-refractivity contribution in [3.05, 3.63) is 0 Å². The number of thioether (sulfide) groups is 1. The van der Waals surface area contributed by atoms with Crippen LogP contribution in [0.5, 0.6) is 0 Å². The highest BCUT2D eigenvalue weighted by molar-refractivity contribution is 7.99. The molecule has 0 radical (unpaired) electrons. The summed E-state index contributed by atoms with van der Waals surface area (Å²) in [5.41, 5.74) is 0. The predicted molar refractivity (Wildman–Crippen MR) is 57.1 cm³/mol. The van der Waals surface area contributed by atoms with E-state index >= 15 is 0 Å². The summed E-state index contributed by atoms with van der Waals surface area (Å²) < 4.78 is 5.30. The first-order chi connectivity index (χ1) is 6.33. The lowest BCUT2D eigenvalue weighted by atomic mass is 10.0. The van der Waals surface area contributed by atoms with E-state index in [4.69, 9.17) is 9.84 Å². The molecule has 1 aliphatic heterocycles. The van der Waals surface area contributed by atoms with Crippen LogP contribution in [0.2, 0.25) is 0 Å². The van der Waals surface area contributed by atoms with Crippen molar-refractivity contribution in [2.75, 3.05) is 31.3 Å². The third kappa shape index (κ3) is 4.89. The van der Waals surface area contributed by atoms with Crippen molar-refractivity contribution in [3.63, 3.8) is 0 Å². The molecular weight excluding hydrogens is 184 g/mol. The number of aliphatic hydroxyl groups excluding tert-OH is 1. The Hall–Kier alpha value is 0.270. The zero-order chi connectivity index (χ0) is 9.52. The Morgan fingerprint density at radius 1 is 1.46 bits per heavy atom. The minimum atomic E-state index is 0.320. The van der Waals surface area contributed by atoms with Crippen molar-refractivity contribution in [2.45, 2.75) is 19.8 Å². The number of hydrogen-bond acceptors (Lipinski definition) is 3. The Morgan fingerprint density at radius 3 is 2.77 bits per heavy atom. The van der Waals surface area contributed by atoms with Crippen molar-refractivity contribution in [3.8, 4) is 0 Å². The minimum absolute atomic E-state index is 0.320. The van der Waals surface area contributed by atoms with Gasteiger partial charge in [-0.2, -0.15) is 11.8 Å². The van der Waals surface area contributed by atoms with E-state index < -0.39 is 0 Å². The molecule has 0 saturated carbocycles. The minimum Gasteiger partial charge on any atom is -0.396 e. The lowest BCUT2D eigenvalue weighted by Gasteiger charge is -2.21. The standard InChI is InChI=1S/C10H20O2S/c1-9(6-11)7-13-8-10-2-4-12-5-3-10/h9-11H,2-8H2,1H3. The average molecular weight is 204 g/mol. The molecule has 1 heterocycles. The van der Waals surface area contributed by atoms with E-state index in [1.54, 1.807) is 0 Å². The monoisotopic (exact) mass is 204 g/mol. The molecule has 1 atom stereocenters. The maximum atomic E-state index is 8.84. The van der Waals surface area contributed by atoms with Gasteiger partial charge in [0.05, 0.1) is 0 Å². The van der Waals surface area contributed by atoms with Crippen molar-refractivity contribution in [2.24, 2.45) is 11.8 Å². The summed E-state index contributed by atoms with van der Waals surface area (Å²) in [5.74, 6) is 3.64. The van der Waals surface area contributed by atoms with Gasteiger partial charge in [0, 0.05) is 19.8 Å². The molecule has 0 aromatic heterocycles. The SMILES string of the molecule is CC(CO)CSCC1CCOCC1. The summed E-state index contributed by atoms with van der Waals surface area (Å²) in [6.45, 7) is 4.30. The molecule has 3 heteroatoms. The van der Waals surface area contributed by atoms with E-state index in [2.05, 4.69) is 6.92 Å². The summed E-state index contributed by atoms with van der Waals surface area (Å²) in [4.78, 5) is 0. The van der Waals surface area contributed by atoms with E-state index in [1.165, 1.54) is 18.6 Å². The molecular formula is C10H20O2S. The third-order valence-corrected chi connectivity index (χ3v) is 3.92. The molecule has 0 spiro atoms. The molecule has 1 rings (SSSR count). The lowest BCUT2D eigenvalue weighted by Crippen LogP contribution is -2.18. The lowest BCUT2D eigenvalue weighted by molar-refractivity contribution is 0.0728. The zero-order valence-corrected chi connectivity index (χ0v) is 9.18. The molecule has 1 unspecified atom stereocenters. The molecule has 0 aromatic rings. The maximum absolute atomic E-state index is 8.84. The molecule has 1 aliphatic rings. The molecule has 78 valence electrons. The Balaban J connectivity index is 1.98. The Labute approximate surface area is 85.0 Å². The second-order valence-corrected chi connectivity index (χ2v) is 4.96. The molecule has 1 N–H and O–H groups in total. The fourth-order valence-corrected chi connectivity index (χ4v) is 2.71. The van der Waals surface area contributed by atoms with Crippen LogP contribution in [0.1, 0.15) is 19.8 Å². The van der Waals surface area contributed by atoms with E-state index in [-0.39, 0.29) is 0 Å². The van der Waals surface area contributed by atoms with E-state index in [0.29, 0.717) is 12.5 Å². The summed E-state index contributed by atoms with van der Waals surface area (Å²) in [6.07, 6.45) is 2.45. The van der Waals surface area contributed by atoms with Gasteiger partial charge in [-0.1, -0.05) is 6.92 Å². The number of aliphatic hydroxyl groups is 1. The van der Waals surface area contributed by atoms with Crippen LogP contribution in [0.25, 0.3) is 0 Å². The average Bonchev–Trinajstić information content (AvgIpc) is 2.19. The summed E-state index contributed by atoms with van der Waals surface area (Å²) in [7, 11) is 0.